The number of hydrazone groups is 1. The molecule has 0 fully saturated rings. The summed E-state index contributed by atoms with van der Waals surface area (Å²) in [7, 11) is 0. The molecule has 0 aliphatic carbocycles. The first-order chi connectivity index (χ1) is 11.9. The Morgan fingerprint density at radius 2 is 1.92 bits per heavy atom. The number of halogens is 2. The van der Waals surface area contributed by atoms with Crippen molar-refractivity contribution in [3.63, 3.8) is 0 Å². The normalized spacial score (nSPS) is 10.6. The zero-order chi connectivity index (χ0) is 18.4. The van der Waals surface area contributed by atoms with Gasteiger partial charge >= 0.3 is 0 Å². The summed E-state index contributed by atoms with van der Waals surface area (Å²) in [6.07, 6.45) is 1.43. The van der Waals surface area contributed by atoms with Crippen LogP contribution in [0.25, 0.3) is 0 Å². The maximum atomic E-state index is 12.1. The zero-order valence-corrected chi connectivity index (χ0v) is 15.9. The van der Waals surface area contributed by atoms with Gasteiger partial charge in [0.25, 0.3) is 11.8 Å². The lowest BCUT2D eigenvalue weighted by Crippen LogP contribution is -2.20. The molecule has 4 N–H and O–H groups in total. The molecule has 130 valence electrons. The summed E-state index contributed by atoms with van der Waals surface area (Å²) in [5.74, 6) is -0.802. The van der Waals surface area contributed by atoms with E-state index in [2.05, 4.69) is 42.4 Å². The molecule has 7 nitrogen and oxygen atoms in total. The van der Waals surface area contributed by atoms with E-state index < -0.39 is 11.8 Å². The van der Waals surface area contributed by atoms with Crippen molar-refractivity contribution in [1.82, 2.24) is 5.43 Å². The minimum atomic E-state index is -0.559. The van der Waals surface area contributed by atoms with Crippen LogP contribution in [-0.2, 0) is 4.79 Å². The van der Waals surface area contributed by atoms with Gasteiger partial charge in [-0.2, -0.15) is 5.10 Å². The third-order valence-electron chi connectivity index (χ3n) is 2.91. The minimum absolute atomic E-state index is 0.0774. The molecule has 2 aromatic rings. The van der Waals surface area contributed by atoms with Crippen molar-refractivity contribution in [2.24, 2.45) is 10.8 Å². The summed E-state index contributed by atoms with van der Waals surface area (Å²) < 4.78 is 6.16. The molecule has 25 heavy (non-hydrogen) atoms. The Morgan fingerprint density at radius 1 is 1.24 bits per heavy atom. The quantitative estimate of drug-likeness (QED) is 0.444. The number of amides is 2. The van der Waals surface area contributed by atoms with Gasteiger partial charge < -0.3 is 15.6 Å². The van der Waals surface area contributed by atoms with Crippen LogP contribution in [0.4, 0.5) is 0 Å². The fraction of sp³-hybridized carbons (Fsp3) is 0.0625. The predicted molar refractivity (Wildman–Crippen MR) is 99.7 cm³/mol. The molecule has 0 aliphatic rings. The lowest BCUT2D eigenvalue weighted by Gasteiger charge is -2.06. The number of nitrogens with one attached hydrogen (secondary N) is 1. The average molecular weight is 471 g/mol. The monoisotopic (exact) mass is 469 g/mol. The van der Waals surface area contributed by atoms with Crippen molar-refractivity contribution in [3.05, 3.63) is 56.5 Å². The number of carbonyl (C=O) groups is 2. The highest BCUT2D eigenvalue weighted by molar-refractivity contribution is 9.11. The Balaban J connectivity index is 1.99. The maximum Gasteiger partial charge on any atom is 0.275 e. The molecule has 0 heterocycles. The van der Waals surface area contributed by atoms with Crippen LogP contribution in [0.2, 0.25) is 0 Å². The van der Waals surface area contributed by atoms with Gasteiger partial charge in [-0.25, -0.2) is 5.43 Å². The molecule has 0 bridgehead atoms. The number of rotatable bonds is 6. The van der Waals surface area contributed by atoms with Gasteiger partial charge in [-0.1, -0.05) is 15.9 Å². The molecule has 2 amide bonds. The topological polar surface area (TPSA) is 114 Å². The molecule has 0 unspecified atom stereocenters. The Kier molecular flexibility index (Phi) is 6.54. The number of nitrogens with two attached hydrogens (primary N) is 1. The van der Waals surface area contributed by atoms with Gasteiger partial charge in [0.15, 0.2) is 6.61 Å². The lowest BCUT2D eigenvalue weighted by atomic mass is 10.2. The third kappa shape index (κ3) is 5.57. The first-order valence-electron chi connectivity index (χ1n) is 6.89. The second-order valence-electron chi connectivity index (χ2n) is 4.81. The summed E-state index contributed by atoms with van der Waals surface area (Å²) in [6, 6.07) is 9.78. The van der Waals surface area contributed by atoms with Crippen molar-refractivity contribution in [3.8, 4) is 11.5 Å². The van der Waals surface area contributed by atoms with Crippen molar-refractivity contribution in [2.75, 3.05) is 6.61 Å². The molecule has 0 aromatic heterocycles. The third-order valence-corrected chi connectivity index (χ3v) is 3.98. The first kappa shape index (κ1) is 18.9. The summed E-state index contributed by atoms with van der Waals surface area (Å²) in [5.41, 5.74) is 8.10. The molecule has 0 saturated heterocycles. The zero-order valence-electron chi connectivity index (χ0n) is 12.7. The van der Waals surface area contributed by atoms with Gasteiger partial charge in [0.2, 0.25) is 0 Å². The summed E-state index contributed by atoms with van der Waals surface area (Å²) in [5, 5.41) is 13.7. The maximum absolute atomic E-state index is 12.1. The number of phenolic OH excluding ortho intramolecular Hbond substituents is 1. The molecule has 9 heteroatoms. The fourth-order valence-electron chi connectivity index (χ4n) is 1.77. The number of hydrogen-bond donors (Lipinski definition) is 3. The van der Waals surface area contributed by atoms with Crippen LogP contribution in [-0.4, -0.2) is 29.7 Å². The van der Waals surface area contributed by atoms with Crippen molar-refractivity contribution in [2.45, 2.75) is 0 Å². The van der Waals surface area contributed by atoms with Crippen LogP contribution in [0.15, 0.2) is 50.4 Å². The minimum Gasteiger partial charge on any atom is -0.506 e. The Hall–Kier alpha value is -2.39. The Bertz CT molecular complexity index is 823. The van der Waals surface area contributed by atoms with Gasteiger partial charge in [-0.05, 0) is 57.9 Å². The molecule has 2 rings (SSSR count). The van der Waals surface area contributed by atoms with Crippen LogP contribution in [0, 0.1) is 0 Å². The highest BCUT2D eigenvalue weighted by Gasteiger charge is 2.14. The lowest BCUT2D eigenvalue weighted by molar-refractivity contribution is -0.119. The van der Waals surface area contributed by atoms with E-state index in [1.807, 2.05) is 0 Å². The van der Waals surface area contributed by atoms with Crippen molar-refractivity contribution < 1.29 is 19.4 Å². The molecular weight excluding hydrogens is 458 g/mol. The van der Waals surface area contributed by atoms with Gasteiger partial charge in [-0.3, -0.25) is 9.59 Å². The van der Waals surface area contributed by atoms with Gasteiger partial charge in [0, 0.05) is 4.47 Å². The number of ether oxygens (including phenoxy) is 1. The summed E-state index contributed by atoms with van der Waals surface area (Å²) in [6.45, 7) is -0.199. The first-order valence-corrected chi connectivity index (χ1v) is 8.48. The standard InChI is InChI=1S/C16H13Br2N3O4/c17-10-5-12(15(23)13(18)6-10)16(24)21-20-7-9-1-3-11(4-2-9)25-8-14(19)22/h1-7,23H,8H2,(H2,19,22)(H,21,24). The van der Waals surface area contributed by atoms with E-state index in [0.717, 1.165) is 0 Å². The van der Waals surface area contributed by atoms with E-state index >= 15 is 0 Å². The largest absolute Gasteiger partial charge is 0.506 e. The average Bonchev–Trinajstić information content (AvgIpc) is 2.57. The molecule has 2 aromatic carbocycles. The van der Waals surface area contributed by atoms with Gasteiger partial charge in [0.05, 0.1) is 16.3 Å². The summed E-state index contributed by atoms with van der Waals surface area (Å²) >= 11 is 6.41. The van der Waals surface area contributed by atoms with Crippen LogP contribution < -0.4 is 15.9 Å². The van der Waals surface area contributed by atoms with Crippen LogP contribution in [0.1, 0.15) is 15.9 Å². The van der Waals surface area contributed by atoms with E-state index in [9.17, 15) is 14.7 Å². The highest BCUT2D eigenvalue weighted by Crippen LogP contribution is 2.31. The summed E-state index contributed by atoms with van der Waals surface area (Å²) in [4.78, 5) is 22.7. The number of carbonyl (C=O) groups excluding carboxylic acids is 2. The second kappa shape index (κ2) is 8.63. The number of nitrogens with zero attached hydrogens (tertiary/aromatic N) is 1. The van der Waals surface area contributed by atoms with Crippen LogP contribution >= 0.6 is 31.9 Å². The molecule has 0 atom stereocenters. The van der Waals surface area contributed by atoms with E-state index in [4.69, 9.17) is 10.5 Å². The molecular formula is C16H13Br2N3O4. The van der Waals surface area contributed by atoms with Crippen molar-refractivity contribution >= 4 is 49.9 Å². The van der Waals surface area contributed by atoms with E-state index in [1.165, 1.54) is 12.3 Å². The molecule has 0 radical (unpaired) electrons. The van der Waals surface area contributed by atoms with E-state index in [1.54, 1.807) is 30.3 Å². The Morgan fingerprint density at radius 3 is 2.56 bits per heavy atom. The molecule has 0 aliphatic heterocycles. The van der Waals surface area contributed by atoms with E-state index in [-0.39, 0.29) is 17.9 Å². The van der Waals surface area contributed by atoms with Gasteiger partial charge in [-0.15, -0.1) is 0 Å². The Labute approximate surface area is 160 Å². The number of aromatic hydroxyl groups is 1. The fourth-order valence-corrected chi connectivity index (χ4v) is 2.99. The molecule has 0 saturated carbocycles. The highest BCUT2D eigenvalue weighted by atomic mass is 79.9. The smallest absolute Gasteiger partial charge is 0.275 e. The number of phenols is 1. The van der Waals surface area contributed by atoms with Crippen LogP contribution in [0.5, 0.6) is 11.5 Å². The number of hydrogen-bond acceptors (Lipinski definition) is 5. The SMILES string of the molecule is NC(=O)COc1ccc(C=NNC(=O)c2cc(Br)cc(Br)c2O)cc1. The second-order valence-corrected chi connectivity index (χ2v) is 6.58. The van der Waals surface area contributed by atoms with Crippen molar-refractivity contribution in [1.29, 1.82) is 0 Å². The number of benzene rings is 2. The molecule has 0 spiro atoms. The van der Waals surface area contributed by atoms with Gasteiger partial charge in [0.1, 0.15) is 11.5 Å². The predicted octanol–water partition coefficient (Wildman–Crippen LogP) is 2.55. The van der Waals surface area contributed by atoms with E-state index in [0.29, 0.717) is 20.3 Å². The van der Waals surface area contributed by atoms with Crippen LogP contribution in [0.3, 0.4) is 0 Å². The number of primary amides is 1.